The molecule has 3 rings (SSSR count). The van der Waals surface area contributed by atoms with Crippen molar-refractivity contribution in [3.63, 3.8) is 0 Å². The first kappa shape index (κ1) is 13.3. The van der Waals surface area contributed by atoms with Crippen LogP contribution in [0.15, 0.2) is 63.4 Å². The van der Waals surface area contributed by atoms with Crippen molar-refractivity contribution in [2.45, 2.75) is 9.79 Å². The minimum atomic E-state index is -0.430. The van der Waals surface area contributed by atoms with Gasteiger partial charge in [-0.3, -0.25) is 14.9 Å². The van der Waals surface area contributed by atoms with Crippen LogP contribution in [0.3, 0.4) is 0 Å². The molecule has 0 aliphatic rings. The highest BCUT2D eigenvalue weighted by Gasteiger charge is 2.06. The van der Waals surface area contributed by atoms with E-state index in [-0.39, 0.29) is 11.2 Å². The average molecular weight is 299 g/mol. The maximum absolute atomic E-state index is 11.6. The van der Waals surface area contributed by atoms with E-state index in [0.29, 0.717) is 10.9 Å². The zero-order valence-electron chi connectivity index (χ0n) is 10.6. The summed E-state index contributed by atoms with van der Waals surface area (Å²) >= 11 is 1.45. The Morgan fingerprint density at radius 3 is 2.52 bits per heavy atom. The zero-order chi connectivity index (χ0) is 14.8. The van der Waals surface area contributed by atoms with E-state index in [1.807, 2.05) is 12.1 Å². The summed E-state index contributed by atoms with van der Waals surface area (Å²) in [7, 11) is 0. The molecule has 0 bridgehead atoms. The second-order valence-electron chi connectivity index (χ2n) is 4.26. The molecule has 1 N–H and O–H groups in total. The largest absolute Gasteiger partial charge is 0.313 e. The van der Waals surface area contributed by atoms with Crippen molar-refractivity contribution in [2.75, 3.05) is 0 Å². The number of H-pyrrole nitrogens is 1. The number of fused-ring (bicyclic) bond motifs is 1. The highest BCUT2D eigenvalue weighted by Crippen LogP contribution is 2.30. The Bertz CT molecular complexity index is 875. The van der Waals surface area contributed by atoms with Gasteiger partial charge >= 0.3 is 0 Å². The molecule has 0 spiro atoms. The van der Waals surface area contributed by atoms with E-state index < -0.39 is 4.92 Å². The molecule has 0 atom stereocenters. The summed E-state index contributed by atoms with van der Waals surface area (Å²) in [5, 5.41) is 11.1. The van der Waals surface area contributed by atoms with Crippen LogP contribution in [0.1, 0.15) is 0 Å². The van der Waals surface area contributed by atoms with Gasteiger partial charge in [-0.2, -0.15) is 0 Å². The number of benzene rings is 2. The average Bonchev–Trinajstić information content (AvgIpc) is 2.48. The van der Waals surface area contributed by atoms with E-state index in [4.69, 9.17) is 0 Å². The van der Waals surface area contributed by atoms with Crippen molar-refractivity contribution >= 4 is 28.4 Å². The Morgan fingerprint density at radius 1 is 1.10 bits per heavy atom. The van der Waals surface area contributed by atoms with Gasteiger partial charge in [-0.05, 0) is 30.3 Å². The SMILES string of the molecule is O=c1[nH]cnc2cc(Sc3ccc([N+](=O)[O-])cc3)ccc12. The lowest BCUT2D eigenvalue weighted by Crippen LogP contribution is -2.05. The van der Waals surface area contributed by atoms with E-state index in [9.17, 15) is 14.9 Å². The molecule has 0 unspecified atom stereocenters. The van der Waals surface area contributed by atoms with Gasteiger partial charge in [0, 0.05) is 21.9 Å². The number of nitro benzene ring substituents is 1. The second kappa shape index (κ2) is 5.37. The van der Waals surface area contributed by atoms with E-state index in [1.54, 1.807) is 18.2 Å². The molecule has 21 heavy (non-hydrogen) atoms. The van der Waals surface area contributed by atoms with Gasteiger partial charge in [0.2, 0.25) is 0 Å². The predicted molar refractivity (Wildman–Crippen MR) is 79.6 cm³/mol. The van der Waals surface area contributed by atoms with Gasteiger partial charge in [0.05, 0.1) is 22.2 Å². The number of hydrogen-bond donors (Lipinski definition) is 1. The van der Waals surface area contributed by atoms with Crippen LogP contribution in [0.4, 0.5) is 5.69 Å². The summed E-state index contributed by atoms with van der Waals surface area (Å²) < 4.78 is 0. The van der Waals surface area contributed by atoms with Crippen LogP contribution in [0.2, 0.25) is 0 Å². The van der Waals surface area contributed by atoms with Gasteiger partial charge in [-0.25, -0.2) is 4.98 Å². The van der Waals surface area contributed by atoms with Crippen LogP contribution < -0.4 is 5.56 Å². The lowest BCUT2D eigenvalue weighted by molar-refractivity contribution is -0.384. The van der Waals surface area contributed by atoms with Gasteiger partial charge in [-0.1, -0.05) is 11.8 Å². The standard InChI is InChI=1S/C14H9N3O3S/c18-14-12-6-5-11(7-13(12)15-8-16-14)21-10-3-1-9(2-4-10)17(19)20/h1-8H,(H,15,16,18). The van der Waals surface area contributed by atoms with Crippen molar-refractivity contribution in [1.82, 2.24) is 9.97 Å². The third kappa shape index (κ3) is 2.77. The van der Waals surface area contributed by atoms with Crippen LogP contribution >= 0.6 is 11.8 Å². The second-order valence-corrected chi connectivity index (χ2v) is 5.41. The topological polar surface area (TPSA) is 88.9 Å². The number of aromatic amines is 1. The summed E-state index contributed by atoms with van der Waals surface area (Å²) in [5.74, 6) is 0. The number of nitro groups is 1. The van der Waals surface area contributed by atoms with E-state index >= 15 is 0 Å². The molecule has 0 fully saturated rings. The maximum atomic E-state index is 11.6. The quantitative estimate of drug-likeness (QED) is 0.593. The van der Waals surface area contributed by atoms with Crippen LogP contribution in [0, 0.1) is 10.1 Å². The molecule has 6 nitrogen and oxygen atoms in total. The van der Waals surface area contributed by atoms with Gasteiger partial charge in [0.15, 0.2) is 0 Å². The highest BCUT2D eigenvalue weighted by molar-refractivity contribution is 7.99. The number of rotatable bonds is 3. The smallest absolute Gasteiger partial charge is 0.269 e. The Kier molecular flexibility index (Phi) is 3.41. The molecule has 3 aromatic rings. The third-order valence-corrected chi connectivity index (χ3v) is 3.89. The monoisotopic (exact) mass is 299 g/mol. The molecule has 7 heteroatoms. The molecule has 2 aromatic carbocycles. The van der Waals surface area contributed by atoms with Crippen LogP contribution in [-0.2, 0) is 0 Å². The van der Waals surface area contributed by atoms with Crippen molar-refractivity contribution in [1.29, 1.82) is 0 Å². The maximum Gasteiger partial charge on any atom is 0.269 e. The van der Waals surface area contributed by atoms with E-state index in [1.165, 1.54) is 30.2 Å². The Hall–Kier alpha value is -2.67. The molecular formula is C14H9N3O3S. The van der Waals surface area contributed by atoms with E-state index in [2.05, 4.69) is 9.97 Å². The Labute approximate surface area is 123 Å². The molecule has 0 saturated carbocycles. The van der Waals surface area contributed by atoms with Crippen molar-refractivity contribution in [3.8, 4) is 0 Å². The van der Waals surface area contributed by atoms with Crippen LogP contribution in [-0.4, -0.2) is 14.9 Å². The molecule has 0 radical (unpaired) electrons. The van der Waals surface area contributed by atoms with Crippen LogP contribution in [0.5, 0.6) is 0 Å². The minimum absolute atomic E-state index is 0.0612. The number of non-ortho nitro benzene ring substituents is 1. The van der Waals surface area contributed by atoms with E-state index in [0.717, 1.165) is 9.79 Å². The lowest BCUT2D eigenvalue weighted by Gasteiger charge is -2.03. The fourth-order valence-corrected chi connectivity index (χ4v) is 2.73. The zero-order valence-corrected chi connectivity index (χ0v) is 11.5. The van der Waals surface area contributed by atoms with Crippen molar-refractivity contribution < 1.29 is 4.92 Å². The van der Waals surface area contributed by atoms with Gasteiger partial charge < -0.3 is 4.98 Å². The first-order valence-electron chi connectivity index (χ1n) is 6.03. The van der Waals surface area contributed by atoms with Crippen LogP contribution in [0.25, 0.3) is 10.9 Å². The molecular weight excluding hydrogens is 290 g/mol. The number of aromatic nitrogens is 2. The fourth-order valence-electron chi connectivity index (χ4n) is 1.88. The highest BCUT2D eigenvalue weighted by atomic mass is 32.2. The van der Waals surface area contributed by atoms with Gasteiger partial charge in [-0.15, -0.1) is 0 Å². The number of hydrogen-bond acceptors (Lipinski definition) is 5. The summed E-state index contributed by atoms with van der Waals surface area (Å²) in [6.07, 6.45) is 1.37. The summed E-state index contributed by atoms with van der Waals surface area (Å²) in [4.78, 5) is 30.2. The molecule has 1 heterocycles. The predicted octanol–water partition coefficient (Wildman–Crippen LogP) is 2.98. The Balaban J connectivity index is 1.91. The first-order chi connectivity index (χ1) is 10.1. The van der Waals surface area contributed by atoms with Crippen molar-refractivity contribution in [3.05, 3.63) is 69.3 Å². The molecule has 0 aliphatic heterocycles. The molecule has 1 aromatic heterocycles. The molecule has 0 saturated heterocycles. The molecule has 0 amide bonds. The summed E-state index contributed by atoms with van der Waals surface area (Å²) in [6.45, 7) is 0. The summed E-state index contributed by atoms with van der Waals surface area (Å²) in [6, 6.07) is 11.7. The fraction of sp³-hybridized carbons (Fsp3) is 0. The first-order valence-corrected chi connectivity index (χ1v) is 6.85. The van der Waals surface area contributed by atoms with Crippen molar-refractivity contribution in [2.24, 2.45) is 0 Å². The minimum Gasteiger partial charge on any atom is -0.313 e. The number of nitrogens with one attached hydrogen (secondary N) is 1. The lowest BCUT2D eigenvalue weighted by atomic mass is 10.2. The molecule has 104 valence electrons. The molecule has 0 aliphatic carbocycles. The van der Waals surface area contributed by atoms with Gasteiger partial charge in [0.1, 0.15) is 0 Å². The number of nitrogens with zero attached hydrogens (tertiary/aromatic N) is 2. The normalized spacial score (nSPS) is 10.7. The Morgan fingerprint density at radius 2 is 1.81 bits per heavy atom. The van der Waals surface area contributed by atoms with Gasteiger partial charge in [0.25, 0.3) is 11.2 Å². The third-order valence-electron chi connectivity index (χ3n) is 2.90. The summed E-state index contributed by atoms with van der Waals surface area (Å²) in [5.41, 5.74) is 0.503.